The number of halogens is 3. The number of amides is 1. The molecule has 1 aliphatic rings. The first-order valence-corrected chi connectivity index (χ1v) is 7.02. The van der Waals surface area contributed by atoms with Crippen molar-refractivity contribution in [2.75, 3.05) is 19.8 Å². The number of carbonyl (C=O) groups excluding carboxylic acids is 1. The van der Waals surface area contributed by atoms with Crippen LogP contribution in [-0.2, 0) is 16.0 Å². The van der Waals surface area contributed by atoms with E-state index in [1.54, 1.807) is 0 Å². The van der Waals surface area contributed by atoms with Gasteiger partial charge in [-0.1, -0.05) is 18.2 Å². The van der Waals surface area contributed by atoms with Crippen LogP contribution in [0, 0.1) is 5.92 Å². The molecule has 0 saturated carbocycles. The van der Waals surface area contributed by atoms with E-state index < -0.39 is 24.8 Å². The van der Waals surface area contributed by atoms with E-state index in [1.165, 1.54) is 6.92 Å². The third-order valence-electron chi connectivity index (χ3n) is 3.39. The number of para-hydroxylation sites is 1. The minimum Gasteiger partial charge on any atom is -0.493 e. The SMILES string of the molecule is C[C@H](OCC(F)(F)F)C(=O)NC[C@@H]1COc2ccccc2C1. The zero-order valence-electron chi connectivity index (χ0n) is 12.2. The van der Waals surface area contributed by atoms with Crippen LogP contribution in [0.15, 0.2) is 24.3 Å². The summed E-state index contributed by atoms with van der Waals surface area (Å²) in [5.41, 5.74) is 1.06. The number of alkyl halides is 3. The molecule has 1 aliphatic heterocycles. The lowest BCUT2D eigenvalue weighted by Gasteiger charge is -2.26. The maximum absolute atomic E-state index is 12.0. The monoisotopic (exact) mass is 317 g/mol. The van der Waals surface area contributed by atoms with Crippen molar-refractivity contribution in [2.24, 2.45) is 5.92 Å². The molecule has 22 heavy (non-hydrogen) atoms. The first-order valence-electron chi connectivity index (χ1n) is 7.02. The fourth-order valence-corrected chi connectivity index (χ4v) is 2.21. The van der Waals surface area contributed by atoms with Gasteiger partial charge in [0.1, 0.15) is 18.5 Å². The van der Waals surface area contributed by atoms with E-state index >= 15 is 0 Å². The molecular weight excluding hydrogens is 299 g/mol. The number of ether oxygens (including phenoxy) is 2. The Labute approximate surface area is 126 Å². The molecule has 0 spiro atoms. The Bertz CT molecular complexity index is 519. The molecule has 0 aromatic heterocycles. The van der Waals surface area contributed by atoms with Gasteiger partial charge in [-0.3, -0.25) is 4.79 Å². The van der Waals surface area contributed by atoms with Gasteiger partial charge in [-0.25, -0.2) is 0 Å². The Morgan fingerprint density at radius 3 is 2.91 bits per heavy atom. The molecule has 1 N–H and O–H groups in total. The standard InChI is InChI=1S/C15H18F3NO3/c1-10(22-9-15(16,17)18)14(20)19-7-11-6-12-4-2-3-5-13(12)21-8-11/h2-5,10-11H,6-9H2,1H3,(H,19,20)/t10-,11+/m0/s1. The van der Waals surface area contributed by atoms with Crippen molar-refractivity contribution in [2.45, 2.75) is 25.6 Å². The molecule has 0 aliphatic carbocycles. The van der Waals surface area contributed by atoms with Crippen molar-refractivity contribution < 1.29 is 27.4 Å². The van der Waals surface area contributed by atoms with Crippen LogP contribution in [0.2, 0.25) is 0 Å². The summed E-state index contributed by atoms with van der Waals surface area (Å²) in [5.74, 6) is 0.378. The summed E-state index contributed by atoms with van der Waals surface area (Å²) in [5, 5.41) is 2.61. The molecule has 4 nitrogen and oxygen atoms in total. The van der Waals surface area contributed by atoms with Crippen LogP contribution in [0.1, 0.15) is 12.5 Å². The lowest BCUT2D eigenvalue weighted by molar-refractivity contribution is -0.185. The first-order chi connectivity index (χ1) is 10.3. The normalized spacial score (nSPS) is 19.0. The number of fused-ring (bicyclic) bond motifs is 1. The second kappa shape index (κ2) is 7.00. The average molecular weight is 317 g/mol. The zero-order valence-corrected chi connectivity index (χ0v) is 12.2. The van der Waals surface area contributed by atoms with Crippen LogP contribution in [-0.4, -0.2) is 37.9 Å². The molecular formula is C15H18F3NO3. The minimum atomic E-state index is -4.44. The topological polar surface area (TPSA) is 47.6 Å². The summed E-state index contributed by atoms with van der Waals surface area (Å²) in [7, 11) is 0. The lowest BCUT2D eigenvalue weighted by atomic mass is 9.97. The minimum absolute atomic E-state index is 0.0914. The summed E-state index contributed by atoms with van der Waals surface area (Å²) in [4.78, 5) is 11.7. The van der Waals surface area contributed by atoms with E-state index in [0.717, 1.165) is 17.7 Å². The van der Waals surface area contributed by atoms with Gasteiger partial charge in [0, 0.05) is 12.5 Å². The van der Waals surface area contributed by atoms with E-state index in [4.69, 9.17) is 4.74 Å². The molecule has 0 unspecified atom stereocenters. The van der Waals surface area contributed by atoms with E-state index in [1.807, 2.05) is 24.3 Å². The molecule has 2 atom stereocenters. The number of nitrogens with one attached hydrogen (secondary N) is 1. The molecule has 1 aromatic carbocycles. The number of carbonyl (C=O) groups is 1. The molecule has 0 saturated heterocycles. The quantitative estimate of drug-likeness (QED) is 0.907. The maximum Gasteiger partial charge on any atom is 0.411 e. The van der Waals surface area contributed by atoms with Gasteiger partial charge < -0.3 is 14.8 Å². The van der Waals surface area contributed by atoms with Crippen molar-refractivity contribution in [3.63, 3.8) is 0 Å². The summed E-state index contributed by atoms with van der Waals surface area (Å²) in [6.45, 7) is 0.678. The predicted molar refractivity (Wildman–Crippen MR) is 73.6 cm³/mol. The smallest absolute Gasteiger partial charge is 0.411 e. The highest BCUT2D eigenvalue weighted by molar-refractivity contribution is 5.80. The Hall–Kier alpha value is -1.76. The van der Waals surface area contributed by atoms with Crippen LogP contribution < -0.4 is 10.1 Å². The maximum atomic E-state index is 12.0. The van der Waals surface area contributed by atoms with E-state index in [-0.39, 0.29) is 5.92 Å². The van der Waals surface area contributed by atoms with Gasteiger partial charge in [-0.2, -0.15) is 13.2 Å². The van der Waals surface area contributed by atoms with Crippen molar-refractivity contribution in [3.05, 3.63) is 29.8 Å². The highest BCUT2D eigenvalue weighted by Gasteiger charge is 2.30. The van der Waals surface area contributed by atoms with Crippen LogP contribution >= 0.6 is 0 Å². The third-order valence-corrected chi connectivity index (χ3v) is 3.39. The Morgan fingerprint density at radius 2 is 2.18 bits per heavy atom. The van der Waals surface area contributed by atoms with Gasteiger partial charge >= 0.3 is 6.18 Å². The molecule has 122 valence electrons. The molecule has 2 rings (SSSR count). The van der Waals surface area contributed by atoms with Crippen molar-refractivity contribution in [1.29, 1.82) is 0 Å². The van der Waals surface area contributed by atoms with Gasteiger partial charge in [0.05, 0.1) is 6.61 Å². The van der Waals surface area contributed by atoms with E-state index in [9.17, 15) is 18.0 Å². The molecule has 0 radical (unpaired) electrons. The van der Waals surface area contributed by atoms with Gasteiger partial charge in [0.15, 0.2) is 0 Å². The predicted octanol–water partition coefficient (Wildman–Crippen LogP) is 2.32. The van der Waals surface area contributed by atoms with Crippen LogP contribution in [0.4, 0.5) is 13.2 Å². The van der Waals surface area contributed by atoms with Crippen molar-refractivity contribution >= 4 is 5.91 Å². The molecule has 0 bridgehead atoms. The molecule has 7 heteroatoms. The Balaban J connectivity index is 1.75. The van der Waals surface area contributed by atoms with E-state index in [2.05, 4.69) is 10.1 Å². The number of rotatable bonds is 5. The summed E-state index contributed by atoms with van der Waals surface area (Å²) >= 11 is 0. The van der Waals surface area contributed by atoms with Crippen molar-refractivity contribution in [3.8, 4) is 5.75 Å². The fraction of sp³-hybridized carbons (Fsp3) is 0.533. The van der Waals surface area contributed by atoms with Gasteiger partial charge in [0.25, 0.3) is 0 Å². The second-order valence-electron chi connectivity index (χ2n) is 5.30. The van der Waals surface area contributed by atoms with Crippen LogP contribution in [0.3, 0.4) is 0 Å². The Morgan fingerprint density at radius 1 is 1.45 bits per heavy atom. The third kappa shape index (κ3) is 4.91. The Kier molecular flexibility index (Phi) is 5.28. The van der Waals surface area contributed by atoms with E-state index in [0.29, 0.717) is 13.2 Å². The lowest BCUT2D eigenvalue weighted by Crippen LogP contribution is -2.41. The van der Waals surface area contributed by atoms with Gasteiger partial charge in [-0.15, -0.1) is 0 Å². The van der Waals surface area contributed by atoms with Crippen molar-refractivity contribution in [1.82, 2.24) is 5.32 Å². The second-order valence-corrected chi connectivity index (χ2v) is 5.30. The molecule has 1 heterocycles. The first kappa shape index (κ1) is 16.6. The van der Waals surface area contributed by atoms with Crippen LogP contribution in [0.25, 0.3) is 0 Å². The zero-order chi connectivity index (χ0) is 16.2. The number of hydrogen-bond acceptors (Lipinski definition) is 3. The molecule has 0 fully saturated rings. The number of benzene rings is 1. The van der Waals surface area contributed by atoms with Gasteiger partial charge in [-0.05, 0) is 25.0 Å². The largest absolute Gasteiger partial charge is 0.493 e. The summed E-state index contributed by atoms with van der Waals surface area (Å²) in [6.07, 6.45) is -4.82. The van der Waals surface area contributed by atoms with Crippen LogP contribution in [0.5, 0.6) is 5.75 Å². The summed E-state index contributed by atoms with van der Waals surface area (Å²) in [6, 6.07) is 7.65. The summed E-state index contributed by atoms with van der Waals surface area (Å²) < 4.78 is 46.2. The van der Waals surface area contributed by atoms with Gasteiger partial charge in [0.2, 0.25) is 5.91 Å². The molecule has 1 aromatic rings. The fourth-order valence-electron chi connectivity index (χ4n) is 2.21. The average Bonchev–Trinajstić information content (AvgIpc) is 2.49. The highest BCUT2D eigenvalue weighted by atomic mass is 19.4. The number of hydrogen-bond donors (Lipinski definition) is 1. The highest BCUT2D eigenvalue weighted by Crippen LogP contribution is 2.26. The molecule has 1 amide bonds.